The van der Waals surface area contributed by atoms with E-state index >= 15 is 0 Å². The van der Waals surface area contributed by atoms with Gasteiger partial charge in [0.1, 0.15) is 11.4 Å². The summed E-state index contributed by atoms with van der Waals surface area (Å²) in [7, 11) is 1.82. The molecule has 2 aromatic heterocycles. The van der Waals surface area contributed by atoms with Gasteiger partial charge in [0.2, 0.25) is 5.91 Å². The third kappa shape index (κ3) is 3.46. The van der Waals surface area contributed by atoms with E-state index in [2.05, 4.69) is 20.4 Å². The fourth-order valence-corrected chi connectivity index (χ4v) is 3.14. The van der Waals surface area contributed by atoms with Gasteiger partial charge in [-0.15, -0.1) is 0 Å². The van der Waals surface area contributed by atoms with Crippen LogP contribution in [-0.2, 0) is 11.8 Å². The Kier molecular flexibility index (Phi) is 4.49. The number of nitrogens with one attached hydrogen (secondary N) is 1. The van der Waals surface area contributed by atoms with Crippen LogP contribution in [0.5, 0.6) is 0 Å². The van der Waals surface area contributed by atoms with Crippen molar-refractivity contribution in [2.45, 2.75) is 17.2 Å². The van der Waals surface area contributed by atoms with Crippen molar-refractivity contribution in [2.75, 3.05) is 5.32 Å². The number of fused-ring (bicyclic) bond motifs is 1. The zero-order valence-electron chi connectivity index (χ0n) is 12.5. The number of aryl methyl sites for hydroxylation is 1. The molecule has 3 rings (SSSR count). The molecule has 0 aliphatic rings. The van der Waals surface area contributed by atoms with Gasteiger partial charge in [0.15, 0.2) is 5.65 Å². The van der Waals surface area contributed by atoms with E-state index in [-0.39, 0.29) is 11.2 Å². The predicted octanol–water partition coefficient (Wildman–Crippen LogP) is 3.14. The monoisotopic (exact) mass is 347 g/mol. The molecule has 0 saturated carbocycles. The Bertz CT molecular complexity index is 866. The fraction of sp³-hybridized carbons (Fsp3) is 0.200. The van der Waals surface area contributed by atoms with Crippen LogP contribution in [0.25, 0.3) is 11.0 Å². The number of nitrogens with zero attached hydrogens (tertiary/aromatic N) is 4. The van der Waals surface area contributed by atoms with Crippen LogP contribution in [0.3, 0.4) is 0 Å². The Morgan fingerprint density at radius 1 is 1.39 bits per heavy atom. The molecule has 1 unspecified atom stereocenters. The van der Waals surface area contributed by atoms with Gasteiger partial charge in [-0.25, -0.2) is 9.97 Å². The second-order valence-electron chi connectivity index (χ2n) is 4.94. The van der Waals surface area contributed by atoms with E-state index in [0.717, 1.165) is 16.1 Å². The maximum absolute atomic E-state index is 12.3. The average molecular weight is 348 g/mol. The molecular formula is C15H14ClN5OS. The number of thioether (sulfide) groups is 1. The van der Waals surface area contributed by atoms with Gasteiger partial charge in [-0.2, -0.15) is 5.10 Å². The van der Waals surface area contributed by atoms with E-state index in [4.69, 9.17) is 11.6 Å². The summed E-state index contributed by atoms with van der Waals surface area (Å²) in [5, 5.41) is 8.84. The number of carbonyl (C=O) groups excluding carboxylic acids is 1. The molecule has 0 radical (unpaired) electrons. The number of hydrogen-bond acceptors (Lipinski definition) is 5. The standard InChI is InChI=1S/C15H14ClN5OS/c1-9(14(22)20-11-5-3-4-10(16)6-11)23-15-12-7-19-21(2)13(12)17-8-18-15/h3-9H,1-2H3,(H,20,22). The Balaban J connectivity index is 1.75. The summed E-state index contributed by atoms with van der Waals surface area (Å²) in [5.41, 5.74) is 1.41. The Morgan fingerprint density at radius 3 is 3.00 bits per heavy atom. The molecule has 23 heavy (non-hydrogen) atoms. The molecule has 1 N–H and O–H groups in total. The van der Waals surface area contributed by atoms with Crippen molar-refractivity contribution >= 4 is 46.0 Å². The molecule has 1 amide bonds. The summed E-state index contributed by atoms with van der Waals surface area (Å²) in [6.45, 7) is 1.83. The smallest absolute Gasteiger partial charge is 0.237 e. The van der Waals surface area contributed by atoms with Gasteiger partial charge in [0.05, 0.1) is 16.8 Å². The van der Waals surface area contributed by atoms with E-state index in [1.165, 1.54) is 18.1 Å². The number of halogens is 1. The lowest BCUT2D eigenvalue weighted by Gasteiger charge is -2.12. The van der Waals surface area contributed by atoms with E-state index < -0.39 is 0 Å². The average Bonchev–Trinajstić information content (AvgIpc) is 2.90. The van der Waals surface area contributed by atoms with Crippen molar-refractivity contribution in [1.29, 1.82) is 0 Å². The van der Waals surface area contributed by atoms with E-state index in [1.807, 2.05) is 14.0 Å². The minimum Gasteiger partial charge on any atom is -0.325 e. The first-order valence-corrected chi connectivity index (χ1v) is 8.16. The molecule has 118 valence electrons. The highest BCUT2D eigenvalue weighted by Gasteiger charge is 2.18. The van der Waals surface area contributed by atoms with Gasteiger partial charge in [-0.1, -0.05) is 29.4 Å². The first-order chi connectivity index (χ1) is 11.0. The molecule has 8 heteroatoms. The Labute approximate surface area is 142 Å². The minimum atomic E-state index is -0.327. The summed E-state index contributed by atoms with van der Waals surface area (Å²) < 4.78 is 1.68. The summed E-state index contributed by atoms with van der Waals surface area (Å²) >= 11 is 7.29. The summed E-state index contributed by atoms with van der Waals surface area (Å²) in [6, 6.07) is 7.06. The predicted molar refractivity (Wildman–Crippen MR) is 91.7 cm³/mol. The zero-order valence-corrected chi connectivity index (χ0v) is 14.1. The highest BCUT2D eigenvalue weighted by molar-refractivity contribution is 8.00. The molecule has 6 nitrogen and oxygen atoms in total. The number of aromatic nitrogens is 4. The van der Waals surface area contributed by atoms with Gasteiger partial charge in [0.25, 0.3) is 0 Å². The van der Waals surface area contributed by atoms with E-state index in [9.17, 15) is 4.79 Å². The molecule has 3 aromatic rings. The Hall–Kier alpha value is -2.12. The van der Waals surface area contributed by atoms with Crippen molar-refractivity contribution in [2.24, 2.45) is 7.05 Å². The van der Waals surface area contributed by atoms with Gasteiger partial charge in [-0.3, -0.25) is 9.48 Å². The van der Waals surface area contributed by atoms with Crippen LogP contribution in [0, 0.1) is 0 Å². The third-order valence-corrected chi connectivity index (χ3v) is 4.59. The molecule has 0 bridgehead atoms. The van der Waals surface area contributed by atoms with E-state index in [0.29, 0.717) is 10.7 Å². The van der Waals surface area contributed by atoms with Crippen molar-refractivity contribution in [1.82, 2.24) is 19.7 Å². The molecule has 0 spiro atoms. The van der Waals surface area contributed by atoms with Gasteiger partial charge in [0, 0.05) is 17.8 Å². The number of amides is 1. The number of rotatable bonds is 4. The summed E-state index contributed by atoms with van der Waals surface area (Å²) in [4.78, 5) is 20.8. The van der Waals surface area contributed by atoms with Crippen molar-refractivity contribution < 1.29 is 4.79 Å². The molecule has 0 fully saturated rings. The fourth-order valence-electron chi connectivity index (χ4n) is 2.07. The van der Waals surface area contributed by atoms with Crippen molar-refractivity contribution in [3.63, 3.8) is 0 Å². The SMILES string of the molecule is CC(Sc1ncnc2c1cnn2C)C(=O)Nc1cccc(Cl)c1. The quantitative estimate of drug-likeness (QED) is 0.580. The van der Waals surface area contributed by atoms with Crippen molar-refractivity contribution in [3.8, 4) is 0 Å². The van der Waals surface area contributed by atoms with Gasteiger partial charge >= 0.3 is 0 Å². The summed E-state index contributed by atoms with van der Waals surface area (Å²) in [6.07, 6.45) is 3.19. The molecule has 1 atom stereocenters. The number of anilines is 1. The normalized spacial score (nSPS) is 12.3. The van der Waals surface area contributed by atoms with Gasteiger partial charge < -0.3 is 5.32 Å². The minimum absolute atomic E-state index is 0.118. The maximum atomic E-state index is 12.3. The maximum Gasteiger partial charge on any atom is 0.237 e. The van der Waals surface area contributed by atoms with Crippen LogP contribution in [0.4, 0.5) is 5.69 Å². The lowest BCUT2D eigenvalue weighted by atomic mass is 10.3. The number of carbonyl (C=O) groups is 1. The van der Waals surface area contributed by atoms with Crippen molar-refractivity contribution in [3.05, 3.63) is 41.8 Å². The van der Waals surface area contributed by atoms with Crippen LogP contribution in [-0.4, -0.2) is 30.9 Å². The van der Waals surface area contributed by atoms with Crippen LogP contribution in [0.1, 0.15) is 6.92 Å². The molecule has 2 heterocycles. The zero-order chi connectivity index (χ0) is 16.4. The van der Waals surface area contributed by atoms with E-state index in [1.54, 1.807) is 35.1 Å². The third-order valence-electron chi connectivity index (χ3n) is 3.24. The lowest BCUT2D eigenvalue weighted by molar-refractivity contribution is -0.115. The summed E-state index contributed by atoms with van der Waals surface area (Å²) in [5.74, 6) is -0.118. The van der Waals surface area contributed by atoms with Gasteiger partial charge in [-0.05, 0) is 25.1 Å². The second-order valence-corrected chi connectivity index (χ2v) is 6.71. The van der Waals surface area contributed by atoms with Crippen LogP contribution in [0.15, 0.2) is 41.8 Å². The highest BCUT2D eigenvalue weighted by atomic mass is 35.5. The van der Waals surface area contributed by atoms with Crippen LogP contribution >= 0.6 is 23.4 Å². The second kappa shape index (κ2) is 6.55. The largest absolute Gasteiger partial charge is 0.325 e. The first kappa shape index (κ1) is 15.8. The Morgan fingerprint density at radius 2 is 2.22 bits per heavy atom. The van der Waals surface area contributed by atoms with Crippen LogP contribution < -0.4 is 5.32 Å². The molecule has 0 saturated heterocycles. The highest BCUT2D eigenvalue weighted by Crippen LogP contribution is 2.28. The topological polar surface area (TPSA) is 72.7 Å². The molecule has 0 aliphatic heterocycles. The molecule has 0 aliphatic carbocycles. The number of benzene rings is 1. The van der Waals surface area contributed by atoms with Crippen LogP contribution in [0.2, 0.25) is 5.02 Å². The lowest BCUT2D eigenvalue weighted by Crippen LogP contribution is -2.22. The molecular weight excluding hydrogens is 334 g/mol. The molecule has 1 aromatic carbocycles. The first-order valence-electron chi connectivity index (χ1n) is 6.90. The number of hydrogen-bond donors (Lipinski definition) is 1.